The van der Waals surface area contributed by atoms with E-state index in [9.17, 15) is 25.2 Å². The quantitative estimate of drug-likeness (QED) is 0.173. The maximum Gasteiger partial charge on any atom is 1.00 e. The molecule has 0 radical (unpaired) electrons. The topological polar surface area (TPSA) is 56.1 Å². The molecule has 0 fully saturated rings. The molecule has 5 nitrogen and oxygen atoms in total. The first-order valence-corrected chi connectivity index (χ1v) is 13.3. The Hall–Kier alpha value is -1.76. The number of rotatable bonds is 0. The summed E-state index contributed by atoms with van der Waals surface area (Å²) in [5.74, 6) is 0. The molecule has 0 aromatic carbocycles. The zero-order valence-electron chi connectivity index (χ0n) is 22.0. The molecule has 3 rings (SSSR count). The minimum absolute atomic E-state index is 0. The second kappa shape index (κ2) is 12.0. The molecule has 13 heteroatoms. The summed E-state index contributed by atoms with van der Waals surface area (Å²) < 4.78 is 59.2. The molecule has 0 saturated heterocycles. The Balaban J connectivity index is 0.00000101. The number of aromatic nitrogens is 2. The van der Waals surface area contributed by atoms with Crippen molar-refractivity contribution in [1.82, 2.24) is 19.8 Å². The molecule has 0 unspecified atom stereocenters. The molecule has 2 aromatic rings. The van der Waals surface area contributed by atoms with Crippen LogP contribution in [0.3, 0.4) is 0 Å². The van der Waals surface area contributed by atoms with E-state index in [4.69, 9.17) is 15.2 Å². The van der Waals surface area contributed by atoms with Crippen molar-refractivity contribution in [2.45, 2.75) is 85.7 Å². The van der Waals surface area contributed by atoms with Crippen LogP contribution in [0, 0.1) is 11.3 Å². The van der Waals surface area contributed by atoms with Crippen LogP contribution in [0.1, 0.15) is 71.2 Å². The molecule has 0 spiro atoms. The van der Waals surface area contributed by atoms with Gasteiger partial charge in [-0.15, -0.1) is 0 Å². The molecule has 4 bridgehead atoms. The second-order valence-corrected chi connectivity index (χ2v) is 12.4. The molecule has 37 heavy (non-hydrogen) atoms. The van der Waals surface area contributed by atoms with Crippen molar-refractivity contribution in [3.8, 4) is 6.07 Å². The van der Waals surface area contributed by atoms with Crippen molar-refractivity contribution >= 4 is 7.81 Å². The molecular formula is C24H35CuF6N5P. The van der Waals surface area contributed by atoms with E-state index in [1.807, 2.05) is 0 Å². The molecule has 0 saturated carbocycles. The third-order valence-electron chi connectivity index (χ3n) is 5.04. The first kappa shape index (κ1) is 35.2. The fraction of sp³-hybridized carbons (Fsp3) is 0.542. The van der Waals surface area contributed by atoms with Crippen molar-refractivity contribution in [3.05, 3.63) is 59.2 Å². The number of pyridine rings is 2. The van der Waals surface area contributed by atoms with E-state index in [1.54, 1.807) is 6.07 Å². The van der Waals surface area contributed by atoms with Crippen molar-refractivity contribution in [2.75, 3.05) is 0 Å². The van der Waals surface area contributed by atoms with Gasteiger partial charge in [-0.25, -0.2) is 0 Å². The summed E-state index contributed by atoms with van der Waals surface area (Å²) in [6.45, 7) is 18.3. The van der Waals surface area contributed by atoms with Crippen molar-refractivity contribution in [2.24, 2.45) is 0 Å². The largest absolute Gasteiger partial charge is 1.00 e. The normalized spacial score (nSPS) is 16.9. The second-order valence-electron chi connectivity index (χ2n) is 10.5. The number of halogens is 6. The van der Waals surface area contributed by atoms with Crippen LogP contribution in [0.15, 0.2) is 36.4 Å². The van der Waals surface area contributed by atoms with E-state index in [-0.39, 0.29) is 28.1 Å². The van der Waals surface area contributed by atoms with Crippen LogP contribution in [0.25, 0.3) is 0 Å². The molecule has 3 heterocycles. The summed E-state index contributed by atoms with van der Waals surface area (Å²) in [6, 6.07) is 14.6. The third-order valence-corrected chi connectivity index (χ3v) is 5.04. The molecule has 214 valence electrons. The van der Waals surface area contributed by atoms with Crippen LogP contribution in [0.5, 0.6) is 0 Å². The molecule has 0 N–H and O–H groups in total. The van der Waals surface area contributed by atoms with Gasteiger partial charge in [0.2, 0.25) is 0 Å². The summed E-state index contributed by atoms with van der Waals surface area (Å²) in [4.78, 5) is 14.8. The van der Waals surface area contributed by atoms with Crippen molar-refractivity contribution < 1.29 is 42.3 Å². The smallest absolute Gasteiger partial charge is 1.00 e. The number of hydrogen-bond acceptors (Lipinski definition) is 5. The van der Waals surface area contributed by atoms with Crippen molar-refractivity contribution in [1.29, 1.82) is 5.26 Å². The van der Waals surface area contributed by atoms with Gasteiger partial charge in [-0.05, 0) is 65.8 Å². The molecular weight excluding hydrogens is 567 g/mol. The zero-order chi connectivity index (χ0) is 28.1. The molecule has 0 atom stereocenters. The van der Waals surface area contributed by atoms with Gasteiger partial charge in [0, 0.05) is 44.2 Å². The average Bonchev–Trinajstić information content (AvgIpc) is 2.64. The Kier molecular flexibility index (Phi) is 11.4. The minimum Gasteiger partial charge on any atom is 1.00 e. The van der Waals surface area contributed by atoms with Crippen LogP contribution in [-0.2, 0) is 43.2 Å². The first-order chi connectivity index (χ1) is 16.0. The Labute approximate surface area is 226 Å². The number of fused-ring (bicyclic) bond motifs is 4. The molecule has 1 aliphatic heterocycles. The average molecular weight is 602 g/mol. The monoisotopic (exact) mass is 601 g/mol. The third kappa shape index (κ3) is 16.6. The predicted octanol–water partition coefficient (Wildman–Crippen LogP) is 8.30. The summed E-state index contributed by atoms with van der Waals surface area (Å²) in [6.07, 6.45) is 0. The minimum atomic E-state index is -10.7. The van der Waals surface area contributed by atoms with Gasteiger partial charge >= 0.3 is 50.1 Å². The maximum absolute atomic E-state index is 10.7. The van der Waals surface area contributed by atoms with E-state index in [0.717, 1.165) is 49.0 Å². The van der Waals surface area contributed by atoms with Crippen LogP contribution < -0.4 is 0 Å². The van der Waals surface area contributed by atoms with Gasteiger partial charge in [-0.1, -0.05) is 12.1 Å². The maximum atomic E-state index is 9.87. The van der Waals surface area contributed by atoms with Gasteiger partial charge in [-0.2, -0.15) is 5.26 Å². The van der Waals surface area contributed by atoms with Gasteiger partial charge in [0.15, 0.2) is 0 Å². The van der Waals surface area contributed by atoms with Gasteiger partial charge in [0.25, 0.3) is 0 Å². The van der Waals surface area contributed by atoms with E-state index >= 15 is 0 Å². The van der Waals surface area contributed by atoms with Crippen LogP contribution >= 0.6 is 7.81 Å². The summed E-state index contributed by atoms with van der Waals surface area (Å²) >= 11 is 0. The van der Waals surface area contributed by atoms with Crippen molar-refractivity contribution in [3.63, 3.8) is 0 Å². The SMILES string of the molecule is CC#N.CC(C)(C)N1Cc2cccc(n2)CN(C(C)(C)C)Cc2cccc(n2)C1.F[P-](F)(F)(F)(F)F.[Cu+]. The van der Waals surface area contributed by atoms with Crippen LogP contribution in [-0.4, -0.2) is 30.8 Å². The standard InChI is InChI=1S/C22H32N4.C2H3N.Cu.F6P/c1-21(2,3)25-13-17-9-7-11-19(23-17)15-26(22(4,5)6)16-20-12-8-10-18(14-25)24-20;1-2-3;;1-7(2,3,4,5)6/h7-12H,13-16H2,1-6H3;1H3;;/q;;+1;-1. The first-order valence-electron chi connectivity index (χ1n) is 11.2. The summed E-state index contributed by atoms with van der Waals surface area (Å²) in [5, 5.41) is 7.32. The zero-order valence-corrected chi connectivity index (χ0v) is 23.9. The Bertz CT molecular complexity index is 941. The summed E-state index contributed by atoms with van der Waals surface area (Å²) in [7, 11) is -10.7. The van der Waals surface area contributed by atoms with E-state index < -0.39 is 7.81 Å². The van der Waals surface area contributed by atoms with Gasteiger partial charge in [0.05, 0.1) is 28.8 Å². The summed E-state index contributed by atoms with van der Waals surface area (Å²) in [5.41, 5.74) is 4.62. The molecule has 0 amide bonds. The number of hydrogen-bond donors (Lipinski definition) is 0. The fourth-order valence-electron chi connectivity index (χ4n) is 3.25. The van der Waals surface area contributed by atoms with E-state index in [0.29, 0.717) is 0 Å². The van der Waals surface area contributed by atoms with Gasteiger partial charge in [-0.3, -0.25) is 19.8 Å². The van der Waals surface area contributed by atoms with Gasteiger partial charge in [0.1, 0.15) is 0 Å². The molecule has 0 aliphatic carbocycles. The number of nitrogens with zero attached hydrogens (tertiary/aromatic N) is 5. The predicted molar refractivity (Wildman–Crippen MR) is 131 cm³/mol. The fourth-order valence-corrected chi connectivity index (χ4v) is 3.25. The Morgan fingerprint density at radius 3 is 1.03 bits per heavy atom. The van der Waals surface area contributed by atoms with Crippen LogP contribution in [0.2, 0.25) is 0 Å². The number of nitriles is 1. The van der Waals surface area contributed by atoms with Gasteiger partial charge < -0.3 is 0 Å². The molecule has 1 aliphatic rings. The van der Waals surface area contributed by atoms with Crippen LogP contribution in [0.4, 0.5) is 25.2 Å². The van der Waals surface area contributed by atoms with E-state index in [1.165, 1.54) is 6.92 Å². The van der Waals surface area contributed by atoms with E-state index in [2.05, 4.69) is 87.7 Å². The molecule has 2 aromatic heterocycles. The Morgan fingerprint density at radius 2 is 0.865 bits per heavy atom. The Morgan fingerprint density at radius 1 is 0.676 bits per heavy atom.